The molecule has 0 fully saturated rings. The minimum atomic E-state index is 0.488. The predicted octanol–water partition coefficient (Wildman–Crippen LogP) is 3.10. The summed E-state index contributed by atoms with van der Waals surface area (Å²) in [7, 11) is 0. The summed E-state index contributed by atoms with van der Waals surface area (Å²) in [4.78, 5) is 10.4. The zero-order valence-electron chi connectivity index (χ0n) is 8.79. The molecule has 1 atom stereocenters. The molecule has 0 spiro atoms. The Morgan fingerprint density at radius 2 is 2.00 bits per heavy atom. The first-order chi connectivity index (χ1) is 6.76. The van der Waals surface area contributed by atoms with Crippen LogP contribution in [0.1, 0.15) is 37.0 Å². The molecular weight excluding hydrogens is 174 g/mol. The van der Waals surface area contributed by atoms with Gasteiger partial charge in [0, 0.05) is 17.3 Å². The van der Waals surface area contributed by atoms with E-state index in [0.29, 0.717) is 6.04 Å². The van der Waals surface area contributed by atoms with Crippen LogP contribution in [0, 0.1) is 0 Å². The molecule has 76 valence electrons. The van der Waals surface area contributed by atoms with Crippen molar-refractivity contribution in [3.8, 4) is 0 Å². The molecule has 0 bridgehead atoms. The van der Waals surface area contributed by atoms with Crippen molar-refractivity contribution in [3.05, 3.63) is 29.8 Å². The minimum absolute atomic E-state index is 0.488. The Kier molecular flexibility index (Phi) is 4.17. The van der Waals surface area contributed by atoms with Crippen LogP contribution in [-0.2, 0) is 0 Å². The van der Waals surface area contributed by atoms with E-state index in [1.807, 2.05) is 24.3 Å². The largest absolute Gasteiger partial charge is 0.383 e. The molecule has 1 rings (SSSR count). The summed E-state index contributed by atoms with van der Waals surface area (Å²) in [6.45, 7) is 4.34. The summed E-state index contributed by atoms with van der Waals surface area (Å²) < 4.78 is 0. The second-order valence-corrected chi connectivity index (χ2v) is 3.57. The molecule has 14 heavy (non-hydrogen) atoms. The molecular formula is C12H17NO. The summed E-state index contributed by atoms with van der Waals surface area (Å²) in [5.41, 5.74) is 1.80. The van der Waals surface area contributed by atoms with E-state index < -0.39 is 0 Å². The van der Waals surface area contributed by atoms with Gasteiger partial charge in [0.25, 0.3) is 0 Å². The van der Waals surface area contributed by atoms with Crippen LogP contribution in [0.5, 0.6) is 0 Å². The third-order valence-corrected chi connectivity index (χ3v) is 2.18. The van der Waals surface area contributed by atoms with Gasteiger partial charge >= 0.3 is 0 Å². The Morgan fingerprint density at radius 3 is 2.50 bits per heavy atom. The molecule has 2 heteroatoms. The highest BCUT2D eigenvalue weighted by Gasteiger charge is 1.99. The second kappa shape index (κ2) is 5.43. The SMILES string of the molecule is CCCC(C)Nc1ccc(C=O)cc1. The molecule has 0 saturated carbocycles. The van der Waals surface area contributed by atoms with Gasteiger partial charge in [0.1, 0.15) is 6.29 Å². The fourth-order valence-corrected chi connectivity index (χ4v) is 1.45. The number of carbonyl (C=O) groups is 1. The maximum Gasteiger partial charge on any atom is 0.150 e. The zero-order chi connectivity index (χ0) is 10.4. The molecule has 1 N–H and O–H groups in total. The molecule has 0 aliphatic rings. The van der Waals surface area contributed by atoms with Gasteiger partial charge in [-0.25, -0.2) is 0 Å². The van der Waals surface area contributed by atoms with Crippen molar-refractivity contribution in [1.82, 2.24) is 0 Å². The fourth-order valence-electron chi connectivity index (χ4n) is 1.45. The molecule has 1 unspecified atom stereocenters. The lowest BCUT2D eigenvalue weighted by Gasteiger charge is -2.13. The third-order valence-electron chi connectivity index (χ3n) is 2.18. The topological polar surface area (TPSA) is 29.1 Å². The molecule has 0 amide bonds. The average Bonchev–Trinajstić information content (AvgIpc) is 2.19. The highest BCUT2D eigenvalue weighted by Crippen LogP contribution is 2.11. The number of anilines is 1. The van der Waals surface area contributed by atoms with E-state index in [1.165, 1.54) is 6.42 Å². The molecule has 1 aromatic rings. The number of hydrogen-bond donors (Lipinski definition) is 1. The minimum Gasteiger partial charge on any atom is -0.383 e. The van der Waals surface area contributed by atoms with Crippen molar-refractivity contribution in [2.24, 2.45) is 0 Å². The highest BCUT2D eigenvalue weighted by atomic mass is 16.1. The van der Waals surface area contributed by atoms with Crippen LogP contribution in [0.15, 0.2) is 24.3 Å². The molecule has 0 heterocycles. The van der Waals surface area contributed by atoms with Crippen LogP contribution in [-0.4, -0.2) is 12.3 Å². The number of aldehydes is 1. The first-order valence-electron chi connectivity index (χ1n) is 5.08. The smallest absolute Gasteiger partial charge is 0.150 e. The van der Waals surface area contributed by atoms with E-state index in [4.69, 9.17) is 0 Å². The van der Waals surface area contributed by atoms with Gasteiger partial charge in [-0.2, -0.15) is 0 Å². The predicted molar refractivity (Wildman–Crippen MR) is 59.8 cm³/mol. The van der Waals surface area contributed by atoms with E-state index in [-0.39, 0.29) is 0 Å². The van der Waals surface area contributed by atoms with Crippen LogP contribution >= 0.6 is 0 Å². The molecule has 0 aromatic heterocycles. The van der Waals surface area contributed by atoms with Gasteiger partial charge in [-0.1, -0.05) is 13.3 Å². The number of nitrogens with one attached hydrogen (secondary N) is 1. The first kappa shape index (κ1) is 10.8. The van der Waals surface area contributed by atoms with Crippen LogP contribution < -0.4 is 5.32 Å². The quantitative estimate of drug-likeness (QED) is 0.724. The molecule has 0 aliphatic heterocycles. The summed E-state index contributed by atoms with van der Waals surface area (Å²) in [6, 6.07) is 8.02. The van der Waals surface area contributed by atoms with E-state index >= 15 is 0 Å². The van der Waals surface area contributed by atoms with Crippen molar-refractivity contribution in [1.29, 1.82) is 0 Å². The van der Waals surface area contributed by atoms with E-state index in [2.05, 4.69) is 19.2 Å². The summed E-state index contributed by atoms with van der Waals surface area (Å²) in [5.74, 6) is 0. The maximum absolute atomic E-state index is 10.4. The summed E-state index contributed by atoms with van der Waals surface area (Å²) in [5, 5.41) is 3.38. The lowest BCUT2D eigenvalue weighted by atomic mass is 10.1. The zero-order valence-corrected chi connectivity index (χ0v) is 8.79. The second-order valence-electron chi connectivity index (χ2n) is 3.57. The van der Waals surface area contributed by atoms with Gasteiger partial charge in [0.15, 0.2) is 0 Å². The lowest BCUT2D eigenvalue weighted by molar-refractivity contribution is 0.112. The summed E-state index contributed by atoms with van der Waals surface area (Å²) in [6.07, 6.45) is 3.20. The fraction of sp³-hybridized carbons (Fsp3) is 0.417. The maximum atomic E-state index is 10.4. The standard InChI is InChI=1S/C12H17NO/c1-3-4-10(2)13-12-7-5-11(9-14)6-8-12/h5-10,13H,3-4H2,1-2H3. The van der Waals surface area contributed by atoms with E-state index in [9.17, 15) is 4.79 Å². The Morgan fingerprint density at radius 1 is 1.36 bits per heavy atom. The number of rotatable bonds is 5. The van der Waals surface area contributed by atoms with Crippen molar-refractivity contribution in [3.63, 3.8) is 0 Å². The van der Waals surface area contributed by atoms with Crippen molar-refractivity contribution in [2.45, 2.75) is 32.7 Å². The van der Waals surface area contributed by atoms with Gasteiger partial charge in [-0.15, -0.1) is 0 Å². The Labute approximate surface area is 85.3 Å². The summed E-state index contributed by atoms with van der Waals surface area (Å²) >= 11 is 0. The normalized spacial score (nSPS) is 12.1. The monoisotopic (exact) mass is 191 g/mol. The highest BCUT2D eigenvalue weighted by molar-refractivity contribution is 5.75. The Bertz CT molecular complexity index is 279. The van der Waals surface area contributed by atoms with Gasteiger partial charge in [0.05, 0.1) is 0 Å². The number of hydrogen-bond acceptors (Lipinski definition) is 2. The lowest BCUT2D eigenvalue weighted by Crippen LogP contribution is -2.14. The number of benzene rings is 1. The van der Waals surface area contributed by atoms with E-state index in [1.54, 1.807) is 0 Å². The average molecular weight is 191 g/mol. The van der Waals surface area contributed by atoms with Crippen LogP contribution in [0.25, 0.3) is 0 Å². The Hall–Kier alpha value is -1.31. The van der Waals surface area contributed by atoms with Gasteiger partial charge in [0.2, 0.25) is 0 Å². The van der Waals surface area contributed by atoms with Crippen molar-refractivity contribution >= 4 is 12.0 Å². The van der Waals surface area contributed by atoms with Gasteiger partial charge in [-0.3, -0.25) is 4.79 Å². The number of carbonyl (C=O) groups excluding carboxylic acids is 1. The van der Waals surface area contributed by atoms with Gasteiger partial charge < -0.3 is 5.32 Å². The molecule has 0 aliphatic carbocycles. The van der Waals surface area contributed by atoms with Crippen LogP contribution in [0.3, 0.4) is 0 Å². The first-order valence-corrected chi connectivity index (χ1v) is 5.08. The molecule has 2 nitrogen and oxygen atoms in total. The third kappa shape index (κ3) is 3.21. The van der Waals surface area contributed by atoms with Crippen LogP contribution in [0.4, 0.5) is 5.69 Å². The molecule has 0 saturated heterocycles. The van der Waals surface area contributed by atoms with Gasteiger partial charge in [-0.05, 0) is 37.6 Å². The molecule has 0 radical (unpaired) electrons. The molecule has 1 aromatic carbocycles. The van der Waals surface area contributed by atoms with Crippen molar-refractivity contribution in [2.75, 3.05) is 5.32 Å². The van der Waals surface area contributed by atoms with Crippen molar-refractivity contribution < 1.29 is 4.79 Å². The van der Waals surface area contributed by atoms with Crippen LogP contribution in [0.2, 0.25) is 0 Å². The van der Waals surface area contributed by atoms with E-state index in [0.717, 1.165) is 24.0 Å². The Balaban J connectivity index is 2.55.